The number of hydrogen-bond donors (Lipinski definition) is 1. The van der Waals surface area contributed by atoms with Crippen LogP contribution in [0.15, 0.2) is 47.7 Å². The van der Waals surface area contributed by atoms with Gasteiger partial charge in [0.1, 0.15) is 17.3 Å². The first-order valence-electron chi connectivity index (χ1n) is 11.2. The molecule has 1 aromatic carbocycles. The largest absolute Gasteiger partial charge is 0.332 e. The van der Waals surface area contributed by atoms with Gasteiger partial charge in [-0.1, -0.05) is 18.2 Å². The number of amides is 1. The molecule has 0 radical (unpaired) electrons. The number of aromatic amines is 1. The molecule has 1 fully saturated rings. The van der Waals surface area contributed by atoms with Crippen LogP contribution >= 0.6 is 0 Å². The van der Waals surface area contributed by atoms with Crippen LogP contribution in [0.4, 0.5) is 4.39 Å². The van der Waals surface area contributed by atoms with Gasteiger partial charge in [-0.2, -0.15) is 0 Å². The van der Waals surface area contributed by atoms with Crippen LogP contribution < -0.4 is 5.56 Å². The maximum atomic E-state index is 14.0. The Labute approximate surface area is 190 Å². The van der Waals surface area contributed by atoms with Crippen molar-refractivity contribution in [1.29, 1.82) is 0 Å². The summed E-state index contributed by atoms with van der Waals surface area (Å²) >= 11 is 0. The molecular formula is C24H25FN6O2. The molecule has 4 heterocycles. The maximum Gasteiger partial charge on any atom is 0.274 e. The van der Waals surface area contributed by atoms with E-state index in [9.17, 15) is 14.0 Å². The smallest absolute Gasteiger partial charge is 0.274 e. The van der Waals surface area contributed by atoms with Crippen LogP contribution in [0.3, 0.4) is 0 Å². The van der Waals surface area contributed by atoms with Crippen molar-refractivity contribution in [1.82, 2.24) is 29.7 Å². The van der Waals surface area contributed by atoms with Crippen molar-refractivity contribution in [2.45, 2.75) is 38.3 Å². The molecule has 1 saturated heterocycles. The third-order valence-electron chi connectivity index (χ3n) is 6.48. The number of aromatic nitrogens is 4. The van der Waals surface area contributed by atoms with Crippen LogP contribution in [-0.4, -0.2) is 55.3 Å². The molecular weight excluding hydrogens is 423 g/mol. The van der Waals surface area contributed by atoms with Crippen LogP contribution in [0.25, 0.3) is 0 Å². The fourth-order valence-electron chi connectivity index (χ4n) is 4.61. The number of carbonyl (C=O) groups is 1. The summed E-state index contributed by atoms with van der Waals surface area (Å²) in [5.74, 6) is 0.476. The second kappa shape index (κ2) is 9.19. The minimum atomic E-state index is -0.237. The van der Waals surface area contributed by atoms with Crippen LogP contribution in [0.2, 0.25) is 0 Å². The molecule has 2 aliphatic heterocycles. The number of H-pyrrole nitrogens is 1. The third kappa shape index (κ3) is 4.54. The number of nitrogens with zero attached hydrogens (tertiary/aromatic N) is 5. The van der Waals surface area contributed by atoms with Gasteiger partial charge in [0.05, 0.1) is 24.0 Å². The van der Waals surface area contributed by atoms with Crippen LogP contribution in [0.5, 0.6) is 0 Å². The number of carbonyl (C=O) groups excluding carboxylic acids is 1. The fraction of sp³-hybridized carbons (Fsp3) is 0.375. The second-order valence-corrected chi connectivity index (χ2v) is 8.59. The molecule has 0 bridgehead atoms. The zero-order valence-corrected chi connectivity index (χ0v) is 18.2. The van der Waals surface area contributed by atoms with Crippen LogP contribution in [0, 0.1) is 5.82 Å². The van der Waals surface area contributed by atoms with Crippen molar-refractivity contribution in [3.63, 3.8) is 0 Å². The van der Waals surface area contributed by atoms with E-state index in [1.807, 2.05) is 12.1 Å². The third-order valence-corrected chi connectivity index (χ3v) is 6.48. The first kappa shape index (κ1) is 21.4. The first-order valence-corrected chi connectivity index (χ1v) is 11.2. The average molecular weight is 449 g/mol. The molecule has 0 saturated carbocycles. The van der Waals surface area contributed by atoms with Gasteiger partial charge in [0.15, 0.2) is 0 Å². The molecule has 2 aliphatic rings. The predicted molar refractivity (Wildman–Crippen MR) is 119 cm³/mol. The molecule has 0 aliphatic carbocycles. The van der Waals surface area contributed by atoms with Crippen LogP contribution in [-0.2, 0) is 19.5 Å². The number of fused-ring (bicyclic) bond motifs is 1. The van der Waals surface area contributed by atoms with Crippen LogP contribution in [0.1, 0.15) is 51.9 Å². The number of halogens is 1. The Balaban J connectivity index is 1.25. The molecule has 1 amide bonds. The van der Waals surface area contributed by atoms with Crippen molar-refractivity contribution in [3.05, 3.63) is 87.4 Å². The molecule has 2 aromatic heterocycles. The number of nitrogens with one attached hydrogen (secondary N) is 1. The summed E-state index contributed by atoms with van der Waals surface area (Å²) in [7, 11) is 0. The fourth-order valence-corrected chi connectivity index (χ4v) is 4.61. The molecule has 1 N–H and O–H groups in total. The van der Waals surface area contributed by atoms with E-state index in [0.717, 1.165) is 37.4 Å². The lowest BCUT2D eigenvalue weighted by molar-refractivity contribution is 0.0726. The maximum absolute atomic E-state index is 14.0. The van der Waals surface area contributed by atoms with E-state index in [1.165, 1.54) is 24.7 Å². The van der Waals surface area contributed by atoms with E-state index in [2.05, 4.69) is 19.9 Å². The van der Waals surface area contributed by atoms with Crippen molar-refractivity contribution < 1.29 is 9.18 Å². The van der Waals surface area contributed by atoms with Gasteiger partial charge in [-0.05, 0) is 32.0 Å². The van der Waals surface area contributed by atoms with E-state index in [4.69, 9.17) is 4.98 Å². The minimum Gasteiger partial charge on any atom is -0.332 e. The van der Waals surface area contributed by atoms with E-state index in [1.54, 1.807) is 11.0 Å². The number of likely N-dealkylation sites (tertiary alicyclic amines) is 1. The molecule has 0 spiro atoms. The number of benzene rings is 1. The lowest BCUT2D eigenvalue weighted by atomic mass is 9.95. The van der Waals surface area contributed by atoms with Crippen molar-refractivity contribution in [2.24, 2.45) is 0 Å². The molecule has 8 nitrogen and oxygen atoms in total. The Morgan fingerprint density at radius 2 is 1.97 bits per heavy atom. The van der Waals surface area contributed by atoms with E-state index < -0.39 is 0 Å². The standard InChI is InChI=1S/C24H25FN6O2/c25-19-4-2-1-3-17(19)14-30-10-5-16(6-11-30)22-28-20-7-12-31(15-18(20)23(32)29-22)24(33)21-13-26-8-9-27-21/h1-4,8-9,13,16H,5-7,10-12,14-15H2,(H,28,29,32). The van der Waals surface area contributed by atoms with E-state index >= 15 is 0 Å². The van der Waals surface area contributed by atoms with Gasteiger partial charge in [0.2, 0.25) is 0 Å². The highest BCUT2D eigenvalue weighted by Crippen LogP contribution is 2.27. The SMILES string of the molecule is O=C(c1cnccn1)N1CCc2nc(C3CCN(Cc4ccccc4F)CC3)[nH]c(=O)c2C1. The van der Waals surface area contributed by atoms with Crippen molar-refractivity contribution >= 4 is 5.91 Å². The molecule has 0 atom stereocenters. The summed E-state index contributed by atoms with van der Waals surface area (Å²) in [6.07, 6.45) is 6.67. The minimum absolute atomic E-state index is 0.166. The summed E-state index contributed by atoms with van der Waals surface area (Å²) in [4.78, 5) is 45.2. The van der Waals surface area contributed by atoms with Gasteiger partial charge in [0, 0.05) is 43.4 Å². The average Bonchev–Trinajstić information content (AvgIpc) is 2.86. The van der Waals surface area contributed by atoms with E-state index in [0.29, 0.717) is 30.6 Å². The Morgan fingerprint density at radius 1 is 1.15 bits per heavy atom. The summed E-state index contributed by atoms with van der Waals surface area (Å²) < 4.78 is 14.0. The van der Waals surface area contributed by atoms with Crippen molar-refractivity contribution in [2.75, 3.05) is 19.6 Å². The van der Waals surface area contributed by atoms with Gasteiger partial charge in [0.25, 0.3) is 11.5 Å². The summed E-state index contributed by atoms with van der Waals surface area (Å²) in [5.41, 5.74) is 2.10. The zero-order valence-electron chi connectivity index (χ0n) is 18.2. The Hall–Kier alpha value is -3.46. The predicted octanol–water partition coefficient (Wildman–Crippen LogP) is 2.28. The van der Waals surface area contributed by atoms with E-state index in [-0.39, 0.29) is 35.4 Å². The Bertz CT molecular complexity index is 1210. The molecule has 5 rings (SSSR count). The van der Waals surface area contributed by atoms with Gasteiger partial charge in [-0.25, -0.2) is 14.4 Å². The highest BCUT2D eigenvalue weighted by Gasteiger charge is 2.28. The molecule has 33 heavy (non-hydrogen) atoms. The topological polar surface area (TPSA) is 95.1 Å². The van der Waals surface area contributed by atoms with Crippen molar-refractivity contribution in [3.8, 4) is 0 Å². The summed E-state index contributed by atoms with van der Waals surface area (Å²) in [5, 5.41) is 0. The number of piperidine rings is 1. The monoisotopic (exact) mass is 448 g/mol. The summed E-state index contributed by atoms with van der Waals surface area (Å²) in [6.45, 7) is 2.93. The van der Waals surface area contributed by atoms with Gasteiger partial charge >= 0.3 is 0 Å². The van der Waals surface area contributed by atoms with Gasteiger partial charge in [-0.3, -0.25) is 19.5 Å². The molecule has 9 heteroatoms. The zero-order chi connectivity index (χ0) is 22.8. The molecule has 170 valence electrons. The first-order chi connectivity index (χ1) is 16.1. The van der Waals surface area contributed by atoms with Gasteiger partial charge < -0.3 is 9.88 Å². The second-order valence-electron chi connectivity index (χ2n) is 8.59. The lowest BCUT2D eigenvalue weighted by Crippen LogP contribution is -2.40. The highest BCUT2D eigenvalue weighted by molar-refractivity contribution is 5.92. The molecule has 3 aromatic rings. The quantitative estimate of drug-likeness (QED) is 0.658. The number of rotatable bonds is 4. The summed E-state index contributed by atoms with van der Waals surface area (Å²) in [6, 6.07) is 6.87. The normalized spacial score (nSPS) is 17.1. The van der Waals surface area contributed by atoms with Gasteiger partial charge in [-0.15, -0.1) is 0 Å². The highest BCUT2D eigenvalue weighted by atomic mass is 19.1. The lowest BCUT2D eigenvalue weighted by Gasteiger charge is -2.32. The number of hydrogen-bond acceptors (Lipinski definition) is 6. The Kier molecular flexibility index (Phi) is 5.95. The molecule has 0 unspecified atom stereocenters. The Morgan fingerprint density at radius 3 is 2.73 bits per heavy atom.